The number of carboxylic acids is 1. The molecule has 0 spiro atoms. The molecule has 1 aromatic rings. The largest absolute Gasteiger partial charge is 0.481 e. The smallest absolute Gasteiger partial charge is 0.319 e. The number of carboxylic acid groups (broad SMARTS) is 1. The van der Waals surface area contributed by atoms with Gasteiger partial charge in [0.2, 0.25) is 0 Å². The van der Waals surface area contributed by atoms with Crippen LogP contribution in [0.4, 0.5) is 16.2 Å². The van der Waals surface area contributed by atoms with Gasteiger partial charge in [-0.05, 0) is 57.4 Å². The van der Waals surface area contributed by atoms with Gasteiger partial charge in [0, 0.05) is 37.4 Å². The van der Waals surface area contributed by atoms with Crippen LogP contribution in [0.5, 0.6) is 0 Å². The highest BCUT2D eigenvalue weighted by molar-refractivity contribution is 5.92. The molecular weight excluding hydrogens is 294 g/mol. The average molecular weight is 321 g/mol. The standard InChI is InChI=1S/C17H27N3O3/c1-11-9-13(20(5)6)10-12(2)15(11)18-16(23)19-17(3,4)8-7-14(21)22/h9-10H,7-8H2,1-6H3,(H,21,22)(H2,18,19,23). The summed E-state index contributed by atoms with van der Waals surface area (Å²) >= 11 is 0. The Balaban J connectivity index is 2.80. The monoisotopic (exact) mass is 321 g/mol. The summed E-state index contributed by atoms with van der Waals surface area (Å²) in [5.41, 5.74) is 3.22. The van der Waals surface area contributed by atoms with Crippen molar-refractivity contribution >= 4 is 23.4 Å². The van der Waals surface area contributed by atoms with Gasteiger partial charge in [0.15, 0.2) is 0 Å². The number of hydrogen-bond donors (Lipinski definition) is 3. The Labute approximate surface area is 137 Å². The number of carbonyl (C=O) groups is 2. The number of nitrogens with zero attached hydrogens (tertiary/aromatic N) is 1. The highest BCUT2D eigenvalue weighted by Crippen LogP contribution is 2.26. The summed E-state index contributed by atoms with van der Waals surface area (Å²) in [4.78, 5) is 24.9. The molecule has 0 aliphatic heterocycles. The van der Waals surface area contributed by atoms with Crippen LogP contribution in [0.2, 0.25) is 0 Å². The number of urea groups is 1. The van der Waals surface area contributed by atoms with E-state index >= 15 is 0 Å². The molecule has 6 nitrogen and oxygen atoms in total. The minimum atomic E-state index is -0.869. The number of rotatable bonds is 6. The first-order valence-electron chi connectivity index (χ1n) is 7.61. The normalized spacial score (nSPS) is 11.0. The molecule has 3 N–H and O–H groups in total. The first kappa shape index (κ1) is 18.8. The lowest BCUT2D eigenvalue weighted by Gasteiger charge is -2.26. The molecule has 0 radical (unpaired) electrons. The van der Waals surface area contributed by atoms with Crippen molar-refractivity contribution < 1.29 is 14.7 Å². The lowest BCUT2D eigenvalue weighted by Crippen LogP contribution is -2.46. The van der Waals surface area contributed by atoms with Gasteiger partial charge in [-0.2, -0.15) is 0 Å². The highest BCUT2D eigenvalue weighted by Gasteiger charge is 2.22. The van der Waals surface area contributed by atoms with E-state index in [1.54, 1.807) is 0 Å². The van der Waals surface area contributed by atoms with Crippen molar-refractivity contribution in [3.63, 3.8) is 0 Å². The Morgan fingerprint density at radius 2 is 1.70 bits per heavy atom. The molecule has 0 heterocycles. The number of anilines is 2. The van der Waals surface area contributed by atoms with Gasteiger partial charge in [-0.25, -0.2) is 4.79 Å². The van der Waals surface area contributed by atoms with Crippen LogP contribution in [0.3, 0.4) is 0 Å². The topological polar surface area (TPSA) is 81.7 Å². The van der Waals surface area contributed by atoms with Crippen LogP contribution >= 0.6 is 0 Å². The minimum absolute atomic E-state index is 0.0167. The number of carbonyl (C=O) groups excluding carboxylic acids is 1. The second-order valence-electron chi connectivity index (χ2n) is 6.71. The van der Waals surface area contributed by atoms with Gasteiger partial charge in [-0.1, -0.05) is 0 Å². The first-order valence-corrected chi connectivity index (χ1v) is 7.61. The van der Waals surface area contributed by atoms with Gasteiger partial charge >= 0.3 is 12.0 Å². The van der Waals surface area contributed by atoms with Crippen molar-refractivity contribution in [2.45, 2.75) is 46.1 Å². The van der Waals surface area contributed by atoms with Crippen LogP contribution in [-0.2, 0) is 4.79 Å². The summed E-state index contributed by atoms with van der Waals surface area (Å²) in [5, 5.41) is 14.5. The van der Waals surface area contributed by atoms with E-state index in [1.807, 2.05) is 58.8 Å². The molecule has 0 aromatic heterocycles. The lowest BCUT2D eigenvalue weighted by molar-refractivity contribution is -0.137. The van der Waals surface area contributed by atoms with Crippen LogP contribution in [0.1, 0.15) is 37.8 Å². The van der Waals surface area contributed by atoms with Crippen molar-refractivity contribution in [3.8, 4) is 0 Å². The number of aliphatic carboxylic acids is 1. The molecule has 1 rings (SSSR count). The number of hydrogen-bond acceptors (Lipinski definition) is 3. The molecule has 0 unspecified atom stereocenters. The third-order valence-corrected chi connectivity index (χ3v) is 3.69. The second-order valence-corrected chi connectivity index (χ2v) is 6.71. The molecule has 0 saturated carbocycles. The molecule has 0 saturated heterocycles. The van der Waals surface area contributed by atoms with Crippen LogP contribution in [0.25, 0.3) is 0 Å². The van der Waals surface area contributed by atoms with E-state index < -0.39 is 11.5 Å². The molecule has 0 aliphatic rings. The molecular formula is C17H27N3O3. The van der Waals surface area contributed by atoms with Crippen LogP contribution in [0, 0.1) is 13.8 Å². The molecule has 0 aliphatic carbocycles. The average Bonchev–Trinajstić information content (AvgIpc) is 2.40. The maximum atomic E-state index is 12.2. The molecule has 1 aromatic carbocycles. The Hall–Kier alpha value is -2.24. The predicted molar refractivity (Wildman–Crippen MR) is 93.3 cm³/mol. The highest BCUT2D eigenvalue weighted by atomic mass is 16.4. The van der Waals surface area contributed by atoms with E-state index in [2.05, 4.69) is 10.6 Å². The molecule has 0 fully saturated rings. The Morgan fingerprint density at radius 3 is 2.13 bits per heavy atom. The molecule has 2 amide bonds. The summed E-state index contributed by atoms with van der Waals surface area (Å²) in [6, 6.07) is 3.69. The summed E-state index contributed by atoms with van der Waals surface area (Å²) in [6.45, 7) is 7.52. The first-order chi connectivity index (χ1) is 10.5. The fourth-order valence-electron chi connectivity index (χ4n) is 2.33. The quantitative estimate of drug-likeness (QED) is 0.752. The van der Waals surface area contributed by atoms with E-state index in [0.29, 0.717) is 6.42 Å². The van der Waals surface area contributed by atoms with Crippen LogP contribution in [0.15, 0.2) is 12.1 Å². The van der Waals surface area contributed by atoms with E-state index in [9.17, 15) is 9.59 Å². The van der Waals surface area contributed by atoms with Crippen LogP contribution < -0.4 is 15.5 Å². The Bertz CT molecular complexity index is 572. The van der Waals surface area contributed by atoms with Crippen molar-refractivity contribution in [3.05, 3.63) is 23.3 Å². The van der Waals surface area contributed by atoms with E-state index in [4.69, 9.17) is 5.11 Å². The number of amides is 2. The lowest BCUT2D eigenvalue weighted by atomic mass is 9.99. The summed E-state index contributed by atoms with van der Waals surface area (Å²) in [7, 11) is 3.94. The van der Waals surface area contributed by atoms with Crippen molar-refractivity contribution in [2.75, 3.05) is 24.3 Å². The second kappa shape index (κ2) is 7.35. The van der Waals surface area contributed by atoms with Gasteiger partial charge in [0.05, 0.1) is 0 Å². The SMILES string of the molecule is Cc1cc(N(C)C)cc(C)c1NC(=O)NC(C)(C)CCC(=O)O. The van der Waals surface area contributed by atoms with E-state index in [-0.39, 0.29) is 12.5 Å². The molecule has 0 atom stereocenters. The molecule has 23 heavy (non-hydrogen) atoms. The number of aryl methyl sites for hydroxylation is 2. The zero-order chi connectivity index (χ0) is 17.8. The summed E-state index contributed by atoms with van der Waals surface area (Å²) < 4.78 is 0. The van der Waals surface area contributed by atoms with Gasteiger partial charge in [0.1, 0.15) is 0 Å². The fraction of sp³-hybridized carbons (Fsp3) is 0.529. The van der Waals surface area contributed by atoms with Gasteiger partial charge < -0.3 is 20.6 Å². The Kier molecular flexibility index (Phi) is 6.01. The third kappa shape index (κ3) is 5.81. The van der Waals surface area contributed by atoms with Gasteiger partial charge in [0.25, 0.3) is 0 Å². The minimum Gasteiger partial charge on any atom is -0.481 e. The summed E-state index contributed by atoms with van der Waals surface area (Å²) in [5.74, 6) is -0.869. The van der Waals surface area contributed by atoms with Crippen molar-refractivity contribution in [1.82, 2.24) is 5.32 Å². The summed E-state index contributed by atoms with van der Waals surface area (Å²) in [6.07, 6.45) is 0.385. The molecule has 128 valence electrons. The predicted octanol–water partition coefficient (Wildman–Crippen LogP) is 3.13. The van der Waals surface area contributed by atoms with Gasteiger partial charge in [-0.15, -0.1) is 0 Å². The fourth-order valence-corrected chi connectivity index (χ4v) is 2.33. The molecule has 0 bridgehead atoms. The zero-order valence-corrected chi connectivity index (χ0v) is 14.8. The maximum absolute atomic E-state index is 12.2. The van der Waals surface area contributed by atoms with Crippen molar-refractivity contribution in [2.24, 2.45) is 0 Å². The zero-order valence-electron chi connectivity index (χ0n) is 14.8. The maximum Gasteiger partial charge on any atom is 0.319 e. The number of benzene rings is 1. The van der Waals surface area contributed by atoms with E-state index in [0.717, 1.165) is 22.5 Å². The Morgan fingerprint density at radius 1 is 1.17 bits per heavy atom. The number of nitrogens with one attached hydrogen (secondary N) is 2. The van der Waals surface area contributed by atoms with E-state index in [1.165, 1.54) is 0 Å². The van der Waals surface area contributed by atoms with Gasteiger partial charge in [-0.3, -0.25) is 4.79 Å². The van der Waals surface area contributed by atoms with Crippen LogP contribution in [-0.4, -0.2) is 36.7 Å². The third-order valence-electron chi connectivity index (χ3n) is 3.69. The van der Waals surface area contributed by atoms with Crippen molar-refractivity contribution in [1.29, 1.82) is 0 Å². The molecule has 6 heteroatoms.